The first-order valence-corrected chi connectivity index (χ1v) is 9.54. The van der Waals surface area contributed by atoms with Crippen LogP contribution in [0.5, 0.6) is 5.75 Å². The van der Waals surface area contributed by atoms with Gasteiger partial charge in [0, 0.05) is 55.8 Å². The van der Waals surface area contributed by atoms with Crippen LogP contribution in [0.15, 0.2) is 21.1 Å². The van der Waals surface area contributed by atoms with Gasteiger partial charge in [-0.15, -0.1) is 0 Å². The van der Waals surface area contributed by atoms with E-state index in [0.29, 0.717) is 0 Å². The molecule has 0 spiro atoms. The van der Waals surface area contributed by atoms with E-state index in [-0.39, 0.29) is 0 Å². The van der Waals surface area contributed by atoms with E-state index in [1.807, 2.05) is 6.07 Å². The van der Waals surface area contributed by atoms with Crippen molar-refractivity contribution in [2.24, 2.45) is 0 Å². The van der Waals surface area contributed by atoms with Gasteiger partial charge in [0.1, 0.15) is 5.75 Å². The Bertz CT molecular complexity index is 465. The molecular formula is C16H25Br2N3O. The summed E-state index contributed by atoms with van der Waals surface area (Å²) in [5.74, 6) is 0.958. The van der Waals surface area contributed by atoms with E-state index in [4.69, 9.17) is 4.74 Å². The van der Waals surface area contributed by atoms with Gasteiger partial charge in [-0.3, -0.25) is 4.90 Å². The molecule has 0 amide bonds. The van der Waals surface area contributed by atoms with Crippen molar-refractivity contribution in [3.05, 3.63) is 26.6 Å². The Morgan fingerprint density at radius 1 is 1.27 bits per heavy atom. The van der Waals surface area contributed by atoms with Crippen molar-refractivity contribution in [2.75, 3.05) is 45.9 Å². The Morgan fingerprint density at radius 2 is 2.05 bits per heavy atom. The van der Waals surface area contributed by atoms with Gasteiger partial charge in [0.05, 0.1) is 11.1 Å². The van der Waals surface area contributed by atoms with Gasteiger partial charge >= 0.3 is 0 Å². The van der Waals surface area contributed by atoms with E-state index in [2.05, 4.69) is 60.4 Å². The lowest BCUT2D eigenvalue weighted by atomic mass is 10.2. The standard InChI is InChI=1S/C16H25Br2N3O/c1-2-9-22-16-13(10-14(17)11-15(16)18)12-20-5-8-21-6-3-19-4-7-21/h10-11,19-20H,2-9,12H2,1H3. The maximum absolute atomic E-state index is 5.89. The average Bonchev–Trinajstić information content (AvgIpc) is 2.51. The second-order valence-electron chi connectivity index (χ2n) is 5.49. The van der Waals surface area contributed by atoms with Gasteiger partial charge in [-0.2, -0.15) is 0 Å². The molecule has 0 aliphatic carbocycles. The highest BCUT2D eigenvalue weighted by Crippen LogP contribution is 2.33. The van der Waals surface area contributed by atoms with Gasteiger partial charge in [-0.05, 0) is 34.5 Å². The summed E-state index contributed by atoms with van der Waals surface area (Å²) in [4.78, 5) is 2.49. The van der Waals surface area contributed by atoms with E-state index in [1.54, 1.807) is 0 Å². The fourth-order valence-electron chi connectivity index (χ4n) is 2.51. The third-order valence-corrected chi connectivity index (χ3v) is 4.71. The van der Waals surface area contributed by atoms with Crippen LogP contribution in [0.4, 0.5) is 0 Å². The van der Waals surface area contributed by atoms with Gasteiger partial charge in [0.15, 0.2) is 0 Å². The molecule has 1 aromatic rings. The Hall–Kier alpha value is -0.140. The highest BCUT2D eigenvalue weighted by Gasteiger charge is 2.11. The van der Waals surface area contributed by atoms with Crippen LogP contribution in [0.1, 0.15) is 18.9 Å². The number of piperazine rings is 1. The molecule has 1 aromatic carbocycles. The first-order valence-electron chi connectivity index (χ1n) is 7.95. The number of nitrogens with zero attached hydrogens (tertiary/aromatic N) is 1. The molecule has 22 heavy (non-hydrogen) atoms. The predicted octanol–water partition coefficient (Wildman–Crippen LogP) is 3.00. The number of halogens is 2. The average molecular weight is 435 g/mol. The quantitative estimate of drug-likeness (QED) is 0.616. The highest BCUT2D eigenvalue weighted by atomic mass is 79.9. The molecule has 1 fully saturated rings. The van der Waals surface area contributed by atoms with Gasteiger partial charge in [-0.25, -0.2) is 0 Å². The molecular weight excluding hydrogens is 410 g/mol. The minimum absolute atomic E-state index is 0.744. The highest BCUT2D eigenvalue weighted by molar-refractivity contribution is 9.11. The third kappa shape index (κ3) is 5.81. The van der Waals surface area contributed by atoms with Crippen LogP contribution < -0.4 is 15.4 Å². The van der Waals surface area contributed by atoms with E-state index in [9.17, 15) is 0 Å². The Balaban J connectivity index is 1.85. The number of benzene rings is 1. The Morgan fingerprint density at radius 3 is 2.77 bits per heavy atom. The summed E-state index contributed by atoms with van der Waals surface area (Å²) < 4.78 is 7.97. The van der Waals surface area contributed by atoms with Crippen LogP contribution in [-0.4, -0.2) is 50.8 Å². The first kappa shape index (κ1) is 18.2. The second kappa shape index (κ2) is 9.88. The van der Waals surface area contributed by atoms with Crippen LogP contribution in [0, 0.1) is 0 Å². The van der Waals surface area contributed by atoms with Crippen LogP contribution >= 0.6 is 31.9 Å². The number of ether oxygens (including phenoxy) is 1. The molecule has 6 heteroatoms. The lowest BCUT2D eigenvalue weighted by molar-refractivity contribution is 0.240. The molecule has 0 saturated carbocycles. The summed E-state index contributed by atoms with van der Waals surface area (Å²) in [5.41, 5.74) is 1.19. The normalized spacial score (nSPS) is 16.0. The summed E-state index contributed by atoms with van der Waals surface area (Å²) in [6, 6.07) is 4.17. The summed E-state index contributed by atoms with van der Waals surface area (Å²) in [6.07, 6.45) is 1.01. The summed E-state index contributed by atoms with van der Waals surface area (Å²) in [7, 11) is 0. The maximum atomic E-state index is 5.89. The summed E-state index contributed by atoms with van der Waals surface area (Å²) in [5, 5.41) is 6.92. The van der Waals surface area contributed by atoms with Crippen molar-refractivity contribution in [1.29, 1.82) is 0 Å². The predicted molar refractivity (Wildman–Crippen MR) is 98.6 cm³/mol. The summed E-state index contributed by atoms with van der Waals surface area (Å²) >= 11 is 7.16. The number of hydrogen-bond acceptors (Lipinski definition) is 4. The molecule has 0 bridgehead atoms. The maximum Gasteiger partial charge on any atom is 0.138 e. The van der Waals surface area contributed by atoms with Gasteiger partial charge in [-0.1, -0.05) is 22.9 Å². The fourth-order valence-corrected chi connectivity index (χ4v) is 3.93. The van der Waals surface area contributed by atoms with Crippen molar-refractivity contribution in [2.45, 2.75) is 19.9 Å². The van der Waals surface area contributed by atoms with Crippen LogP contribution in [0.2, 0.25) is 0 Å². The molecule has 124 valence electrons. The molecule has 0 unspecified atom stereocenters. The molecule has 0 atom stereocenters. The van der Waals surface area contributed by atoms with Crippen molar-refractivity contribution in [3.63, 3.8) is 0 Å². The van der Waals surface area contributed by atoms with Crippen molar-refractivity contribution < 1.29 is 4.74 Å². The molecule has 1 aliphatic rings. The lowest BCUT2D eigenvalue weighted by Crippen LogP contribution is -2.45. The first-order chi connectivity index (χ1) is 10.7. The summed E-state index contributed by atoms with van der Waals surface area (Å²) in [6.45, 7) is 10.3. The van der Waals surface area contributed by atoms with Gasteiger partial charge < -0.3 is 15.4 Å². The van der Waals surface area contributed by atoms with Crippen LogP contribution in [0.25, 0.3) is 0 Å². The number of rotatable bonds is 8. The third-order valence-electron chi connectivity index (χ3n) is 3.67. The van der Waals surface area contributed by atoms with E-state index < -0.39 is 0 Å². The Kier molecular flexibility index (Phi) is 8.17. The largest absolute Gasteiger partial charge is 0.492 e. The van der Waals surface area contributed by atoms with Crippen LogP contribution in [-0.2, 0) is 6.54 Å². The molecule has 1 aliphatic heterocycles. The lowest BCUT2D eigenvalue weighted by Gasteiger charge is -2.27. The molecule has 1 heterocycles. The molecule has 2 N–H and O–H groups in total. The smallest absolute Gasteiger partial charge is 0.138 e. The minimum Gasteiger partial charge on any atom is -0.492 e. The van der Waals surface area contributed by atoms with E-state index in [1.165, 1.54) is 5.56 Å². The topological polar surface area (TPSA) is 36.5 Å². The monoisotopic (exact) mass is 433 g/mol. The number of nitrogens with one attached hydrogen (secondary N) is 2. The number of hydrogen-bond donors (Lipinski definition) is 2. The van der Waals surface area contributed by atoms with Crippen molar-refractivity contribution >= 4 is 31.9 Å². The zero-order valence-electron chi connectivity index (χ0n) is 13.1. The zero-order valence-corrected chi connectivity index (χ0v) is 16.3. The molecule has 1 saturated heterocycles. The molecule has 2 rings (SSSR count). The van der Waals surface area contributed by atoms with Crippen LogP contribution in [0.3, 0.4) is 0 Å². The zero-order chi connectivity index (χ0) is 15.8. The SMILES string of the molecule is CCCOc1c(Br)cc(Br)cc1CNCCN1CCNCC1. The second-order valence-corrected chi connectivity index (χ2v) is 7.26. The van der Waals surface area contributed by atoms with Gasteiger partial charge in [0.2, 0.25) is 0 Å². The Labute approximate surface area is 150 Å². The van der Waals surface area contributed by atoms with E-state index in [0.717, 1.165) is 73.5 Å². The molecule has 4 nitrogen and oxygen atoms in total. The fraction of sp³-hybridized carbons (Fsp3) is 0.625. The van der Waals surface area contributed by atoms with Gasteiger partial charge in [0.25, 0.3) is 0 Å². The van der Waals surface area contributed by atoms with Crippen molar-refractivity contribution in [1.82, 2.24) is 15.5 Å². The minimum atomic E-state index is 0.744. The molecule has 0 aromatic heterocycles. The van der Waals surface area contributed by atoms with E-state index >= 15 is 0 Å². The van der Waals surface area contributed by atoms with Crippen molar-refractivity contribution in [3.8, 4) is 5.75 Å². The molecule has 0 radical (unpaired) electrons.